The molecular weight excluding hydrogens is 278 g/mol. The van der Waals surface area contributed by atoms with Gasteiger partial charge in [0.2, 0.25) is 10.0 Å². The molecule has 0 unspecified atom stereocenters. The number of amides is 1. The van der Waals surface area contributed by atoms with Gasteiger partial charge in [0.25, 0.3) is 5.91 Å². The predicted molar refractivity (Wildman–Crippen MR) is 77.8 cm³/mol. The number of piperidine rings is 1. The van der Waals surface area contributed by atoms with Crippen LogP contribution >= 0.6 is 0 Å². The summed E-state index contributed by atoms with van der Waals surface area (Å²) in [5.74, 6) is -0.0391. The number of rotatable bonds is 3. The molecule has 3 N–H and O–H groups in total. The number of carbonyl (C=O) groups excluding carboxylic acids is 1. The fourth-order valence-electron chi connectivity index (χ4n) is 2.31. The first-order valence-corrected chi connectivity index (χ1v) is 8.36. The third kappa shape index (κ3) is 3.94. The van der Waals surface area contributed by atoms with Crippen LogP contribution in [-0.4, -0.2) is 44.6 Å². The summed E-state index contributed by atoms with van der Waals surface area (Å²) in [6.07, 6.45) is 2.42. The van der Waals surface area contributed by atoms with Crippen molar-refractivity contribution in [1.82, 2.24) is 9.62 Å². The van der Waals surface area contributed by atoms with E-state index in [4.69, 9.17) is 5.73 Å². The van der Waals surface area contributed by atoms with Gasteiger partial charge in [-0.25, -0.2) is 13.1 Å². The number of nitrogens with one attached hydrogen (secondary N) is 1. The summed E-state index contributed by atoms with van der Waals surface area (Å²) in [6, 6.07) is 6.73. The Morgan fingerprint density at radius 2 is 1.80 bits per heavy atom. The maximum absolute atomic E-state index is 12.2. The fourth-order valence-corrected chi connectivity index (χ4v) is 3.15. The van der Waals surface area contributed by atoms with Crippen molar-refractivity contribution in [1.29, 1.82) is 0 Å². The molecule has 0 saturated carbocycles. The zero-order chi connectivity index (χ0) is 14.8. The standard InChI is InChI=1S/C13H19N3O3S/c1-20(18,19)15-12-6-8-16(9-7-12)13(17)10-2-4-11(14)5-3-10/h2-5,12,15H,6-9,14H2,1H3. The van der Waals surface area contributed by atoms with E-state index in [0.29, 0.717) is 37.2 Å². The number of anilines is 1. The molecular formula is C13H19N3O3S. The summed E-state index contributed by atoms with van der Waals surface area (Å²) in [6.45, 7) is 1.10. The number of nitrogens with two attached hydrogens (primary N) is 1. The van der Waals surface area contributed by atoms with Crippen LogP contribution in [0.1, 0.15) is 23.2 Å². The van der Waals surface area contributed by atoms with Crippen molar-refractivity contribution in [2.24, 2.45) is 0 Å². The molecule has 1 heterocycles. The molecule has 110 valence electrons. The number of nitrogen functional groups attached to an aromatic ring is 1. The minimum atomic E-state index is -3.19. The van der Waals surface area contributed by atoms with Crippen molar-refractivity contribution in [3.05, 3.63) is 29.8 Å². The highest BCUT2D eigenvalue weighted by Gasteiger charge is 2.25. The predicted octanol–water partition coefficient (Wildman–Crippen LogP) is 0.423. The van der Waals surface area contributed by atoms with E-state index in [1.165, 1.54) is 0 Å². The van der Waals surface area contributed by atoms with E-state index in [2.05, 4.69) is 4.72 Å². The lowest BCUT2D eigenvalue weighted by Gasteiger charge is -2.32. The van der Waals surface area contributed by atoms with Gasteiger partial charge in [-0.05, 0) is 37.1 Å². The number of likely N-dealkylation sites (tertiary alicyclic amines) is 1. The van der Waals surface area contributed by atoms with Crippen molar-refractivity contribution in [3.8, 4) is 0 Å². The van der Waals surface area contributed by atoms with Crippen molar-refractivity contribution < 1.29 is 13.2 Å². The van der Waals surface area contributed by atoms with Crippen LogP contribution in [0.15, 0.2) is 24.3 Å². The Morgan fingerprint density at radius 1 is 1.25 bits per heavy atom. The van der Waals surface area contributed by atoms with Crippen LogP contribution < -0.4 is 10.5 Å². The van der Waals surface area contributed by atoms with Gasteiger partial charge in [0, 0.05) is 30.4 Å². The number of hydrogen-bond donors (Lipinski definition) is 2. The molecule has 1 amide bonds. The minimum absolute atomic E-state index is 0.0391. The summed E-state index contributed by atoms with van der Waals surface area (Å²) in [5, 5.41) is 0. The first kappa shape index (κ1) is 14.8. The molecule has 1 aromatic rings. The number of nitrogens with zero attached hydrogens (tertiary/aromatic N) is 1. The van der Waals surface area contributed by atoms with Crippen molar-refractivity contribution in [2.45, 2.75) is 18.9 Å². The first-order valence-electron chi connectivity index (χ1n) is 6.47. The van der Waals surface area contributed by atoms with Gasteiger partial charge in [0.15, 0.2) is 0 Å². The van der Waals surface area contributed by atoms with Gasteiger partial charge < -0.3 is 10.6 Å². The molecule has 7 heteroatoms. The molecule has 0 spiro atoms. The second-order valence-corrected chi connectivity index (χ2v) is 6.86. The van der Waals surface area contributed by atoms with Crippen molar-refractivity contribution in [2.75, 3.05) is 25.1 Å². The SMILES string of the molecule is CS(=O)(=O)NC1CCN(C(=O)c2ccc(N)cc2)CC1. The second kappa shape index (κ2) is 5.80. The highest BCUT2D eigenvalue weighted by atomic mass is 32.2. The van der Waals surface area contributed by atoms with E-state index in [-0.39, 0.29) is 11.9 Å². The van der Waals surface area contributed by atoms with E-state index in [0.717, 1.165) is 6.26 Å². The van der Waals surface area contributed by atoms with Crippen LogP contribution in [0, 0.1) is 0 Å². The molecule has 6 nitrogen and oxygen atoms in total. The van der Waals surface area contributed by atoms with Gasteiger partial charge in [-0.1, -0.05) is 0 Å². The molecule has 2 rings (SSSR count). The largest absolute Gasteiger partial charge is 0.399 e. The van der Waals surface area contributed by atoms with Crippen LogP contribution in [0.4, 0.5) is 5.69 Å². The molecule has 0 atom stereocenters. The highest BCUT2D eigenvalue weighted by Crippen LogP contribution is 2.15. The maximum atomic E-state index is 12.2. The minimum Gasteiger partial charge on any atom is -0.399 e. The molecule has 0 radical (unpaired) electrons. The van der Waals surface area contributed by atoms with Gasteiger partial charge in [0.1, 0.15) is 0 Å². The molecule has 1 fully saturated rings. The molecule has 0 bridgehead atoms. The molecule has 0 aromatic heterocycles. The lowest BCUT2D eigenvalue weighted by Crippen LogP contribution is -2.46. The van der Waals surface area contributed by atoms with Crippen LogP contribution in [0.5, 0.6) is 0 Å². The topological polar surface area (TPSA) is 92.5 Å². The van der Waals surface area contributed by atoms with Crippen molar-refractivity contribution >= 4 is 21.6 Å². The Morgan fingerprint density at radius 3 is 2.30 bits per heavy atom. The van der Waals surface area contributed by atoms with E-state index in [1.54, 1.807) is 29.2 Å². The Hall–Kier alpha value is -1.60. The molecule has 20 heavy (non-hydrogen) atoms. The third-order valence-electron chi connectivity index (χ3n) is 3.32. The van der Waals surface area contributed by atoms with E-state index < -0.39 is 10.0 Å². The monoisotopic (exact) mass is 297 g/mol. The van der Waals surface area contributed by atoms with E-state index in [1.807, 2.05) is 0 Å². The summed E-state index contributed by atoms with van der Waals surface area (Å²) in [4.78, 5) is 14.0. The zero-order valence-corrected chi connectivity index (χ0v) is 12.2. The Labute approximate surface area is 119 Å². The van der Waals surface area contributed by atoms with Gasteiger partial charge in [-0.3, -0.25) is 4.79 Å². The van der Waals surface area contributed by atoms with Gasteiger partial charge in [-0.15, -0.1) is 0 Å². The van der Waals surface area contributed by atoms with Gasteiger partial charge >= 0.3 is 0 Å². The van der Waals surface area contributed by atoms with Gasteiger partial charge in [-0.2, -0.15) is 0 Å². The van der Waals surface area contributed by atoms with Crippen LogP contribution in [0.25, 0.3) is 0 Å². The molecule has 1 aliphatic rings. The molecule has 1 saturated heterocycles. The lowest BCUT2D eigenvalue weighted by atomic mass is 10.0. The average Bonchev–Trinajstić information content (AvgIpc) is 2.38. The quantitative estimate of drug-likeness (QED) is 0.791. The van der Waals surface area contributed by atoms with Crippen LogP contribution in [-0.2, 0) is 10.0 Å². The van der Waals surface area contributed by atoms with Crippen LogP contribution in [0.3, 0.4) is 0 Å². The molecule has 1 aromatic carbocycles. The van der Waals surface area contributed by atoms with E-state index in [9.17, 15) is 13.2 Å². The number of carbonyl (C=O) groups is 1. The fraction of sp³-hybridized carbons (Fsp3) is 0.462. The van der Waals surface area contributed by atoms with Crippen molar-refractivity contribution in [3.63, 3.8) is 0 Å². The second-order valence-electron chi connectivity index (χ2n) is 5.08. The number of hydrogen-bond acceptors (Lipinski definition) is 4. The van der Waals surface area contributed by atoms with E-state index >= 15 is 0 Å². The first-order chi connectivity index (χ1) is 9.35. The smallest absolute Gasteiger partial charge is 0.253 e. The third-order valence-corrected chi connectivity index (χ3v) is 4.08. The zero-order valence-electron chi connectivity index (χ0n) is 11.4. The Balaban J connectivity index is 1.93. The summed E-state index contributed by atoms with van der Waals surface area (Å²) in [7, 11) is -3.19. The summed E-state index contributed by atoms with van der Waals surface area (Å²) < 4.78 is 24.9. The Bertz CT molecular complexity index is 575. The summed E-state index contributed by atoms with van der Waals surface area (Å²) in [5.41, 5.74) is 6.82. The highest BCUT2D eigenvalue weighted by molar-refractivity contribution is 7.88. The van der Waals surface area contributed by atoms with Gasteiger partial charge in [0.05, 0.1) is 6.26 Å². The number of sulfonamides is 1. The maximum Gasteiger partial charge on any atom is 0.253 e. The molecule has 1 aliphatic heterocycles. The summed E-state index contributed by atoms with van der Waals surface area (Å²) >= 11 is 0. The number of benzene rings is 1. The average molecular weight is 297 g/mol. The Kier molecular flexibility index (Phi) is 4.29. The normalized spacial score (nSPS) is 17.1. The lowest BCUT2D eigenvalue weighted by molar-refractivity contribution is 0.0711. The van der Waals surface area contributed by atoms with Crippen LogP contribution in [0.2, 0.25) is 0 Å². The molecule has 0 aliphatic carbocycles.